The molecule has 4 aliphatic heterocycles. The second-order valence-electron chi connectivity index (χ2n) is 7.80. The van der Waals surface area contributed by atoms with Crippen molar-refractivity contribution in [3.05, 3.63) is 66.2 Å². The maximum absolute atomic E-state index is 13.6. The zero-order valence-corrected chi connectivity index (χ0v) is 16.3. The van der Waals surface area contributed by atoms with E-state index < -0.39 is 29.8 Å². The minimum Gasteiger partial charge on any atom is -0.454 e. The van der Waals surface area contributed by atoms with E-state index in [1.807, 2.05) is 12.1 Å². The topological polar surface area (TPSA) is 88.5 Å². The Labute approximate surface area is 177 Å². The first-order chi connectivity index (χ1) is 15.1. The molecule has 8 heteroatoms. The molecule has 154 valence electrons. The largest absolute Gasteiger partial charge is 0.454 e. The van der Waals surface area contributed by atoms with Gasteiger partial charge in [0.05, 0.1) is 23.6 Å². The molecule has 2 amide bonds. The SMILES string of the molecule is O=C(c1ccccc1)[C@H]1[C@@H]2C(=O)N(c3ccc4c(c3)OCO4)C(=O)[C@@H]2[C@H]2C=CC=NN21. The predicted octanol–water partition coefficient (Wildman–Crippen LogP) is 2.01. The summed E-state index contributed by atoms with van der Waals surface area (Å²) in [6.07, 6.45) is 5.15. The van der Waals surface area contributed by atoms with E-state index in [-0.39, 0.29) is 18.5 Å². The Balaban J connectivity index is 1.42. The van der Waals surface area contributed by atoms with Gasteiger partial charge in [-0.05, 0) is 18.2 Å². The van der Waals surface area contributed by atoms with E-state index >= 15 is 0 Å². The number of allylic oxidation sites excluding steroid dienone is 1. The number of fused-ring (bicyclic) bond motifs is 4. The van der Waals surface area contributed by atoms with E-state index in [1.165, 1.54) is 4.90 Å². The normalized spacial score (nSPS) is 27.6. The van der Waals surface area contributed by atoms with Crippen LogP contribution in [0.5, 0.6) is 11.5 Å². The summed E-state index contributed by atoms with van der Waals surface area (Å²) in [6.45, 7) is 0.0966. The van der Waals surface area contributed by atoms with Crippen LogP contribution in [-0.2, 0) is 9.59 Å². The summed E-state index contributed by atoms with van der Waals surface area (Å²) in [6, 6.07) is 12.5. The third-order valence-electron chi connectivity index (χ3n) is 6.23. The van der Waals surface area contributed by atoms with Crippen LogP contribution in [0.15, 0.2) is 65.8 Å². The van der Waals surface area contributed by atoms with Crippen molar-refractivity contribution in [1.29, 1.82) is 0 Å². The first-order valence-electron chi connectivity index (χ1n) is 10.0. The number of ether oxygens (including phenoxy) is 2. The fourth-order valence-electron chi connectivity index (χ4n) is 4.89. The van der Waals surface area contributed by atoms with Crippen molar-refractivity contribution in [2.45, 2.75) is 12.1 Å². The lowest BCUT2D eigenvalue weighted by molar-refractivity contribution is -0.123. The molecule has 4 atom stereocenters. The Morgan fingerprint density at radius 2 is 1.74 bits per heavy atom. The molecule has 2 saturated heterocycles. The fraction of sp³-hybridized carbons (Fsp3) is 0.217. The molecule has 0 bridgehead atoms. The van der Waals surface area contributed by atoms with Crippen LogP contribution in [0.2, 0.25) is 0 Å². The highest BCUT2D eigenvalue weighted by Gasteiger charge is 2.64. The zero-order valence-electron chi connectivity index (χ0n) is 16.3. The van der Waals surface area contributed by atoms with Crippen molar-refractivity contribution >= 4 is 29.5 Å². The van der Waals surface area contributed by atoms with E-state index in [2.05, 4.69) is 5.10 Å². The van der Waals surface area contributed by atoms with Gasteiger partial charge in [0.2, 0.25) is 18.6 Å². The van der Waals surface area contributed by atoms with Crippen molar-refractivity contribution in [2.75, 3.05) is 11.7 Å². The van der Waals surface area contributed by atoms with Gasteiger partial charge in [0.25, 0.3) is 0 Å². The van der Waals surface area contributed by atoms with Crippen molar-refractivity contribution in [2.24, 2.45) is 16.9 Å². The minimum atomic E-state index is -0.853. The molecule has 4 heterocycles. The number of carbonyl (C=O) groups excluding carboxylic acids is 3. The second-order valence-corrected chi connectivity index (χ2v) is 7.80. The van der Waals surface area contributed by atoms with Gasteiger partial charge >= 0.3 is 0 Å². The maximum Gasteiger partial charge on any atom is 0.240 e. The number of hydrogen-bond donors (Lipinski definition) is 0. The molecule has 4 aliphatic rings. The van der Waals surface area contributed by atoms with Crippen LogP contribution in [0.4, 0.5) is 5.69 Å². The molecular weight excluding hydrogens is 398 g/mol. The highest BCUT2D eigenvalue weighted by molar-refractivity contribution is 6.24. The molecule has 6 rings (SSSR count). The third kappa shape index (κ3) is 2.48. The standard InChI is InChI=1S/C23H17N3O5/c27-21(13-5-2-1-3-6-13)20-19-18(15-7-4-10-24-26(15)20)22(28)25(23(19)29)14-8-9-16-17(11-14)31-12-30-16/h1-11,15,18-20H,12H2/t15-,18-,19-,20-/m1/s1. The monoisotopic (exact) mass is 415 g/mol. The smallest absolute Gasteiger partial charge is 0.240 e. The minimum absolute atomic E-state index is 0.0966. The highest BCUT2D eigenvalue weighted by Crippen LogP contribution is 2.47. The van der Waals surface area contributed by atoms with Gasteiger partial charge in [-0.25, -0.2) is 4.90 Å². The van der Waals surface area contributed by atoms with Gasteiger partial charge in [0, 0.05) is 17.8 Å². The number of rotatable bonds is 3. The molecular formula is C23H17N3O5. The van der Waals surface area contributed by atoms with Crippen LogP contribution in [0.1, 0.15) is 10.4 Å². The average Bonchev–Trinajstić information content (AvgIpc) is 3.47. The van der Waals surface area contributed by atoms with Crippen molar-refractivity contribution in [3.63, 3.8) is 0 Å². The molecule has 0 radical (unpaired) electrons. The average molecular weight is 415 g/mol. The summed E-state index contributed by atoms with van der Waals surface area (Å²) in [4.78, 5) is 41.6. The first kappa shape index (κ1) is 17.9. The summed E-state index contributed by atoms with van der Waals surface area (Å²) in [5.74, 6) is -1.43. The quantitative estimate of drug-likeness (QED) is 0.563. The van der Waals surface area contributed by atoms with Crippen LogP contribution in [-0.4, -0.2) is 47.7 Å². The van der Waals surface area contributed by atoms with Gasteiger partial charge in [-0.2, -0.15) is 5.10 Å². The number of carbonyl (C=O) groups is 3. The van der Waals surface area contributed by atoms with Gasteiger partial charge in [-0.1, -0.05) is 36.4 Å². The van der Waals surface area contributed by atoms with Gasteiger partial charge in [0.1, 0.15) is 6.04 Å². The molecule has 0 aromatic heterocycles. The summed E-state index contributed by atoms with van der Waals surface area (Å²) < 4.78 is 10.7. The van der Waals surface area contributed by atoms with Crippen molar-refractivity contribution < 1.29 is 23.9 Å². The van der Waals surface area contributed by atoms with E-state index in [9.17, 15) is 14.4 Å². The fourth-order valence-corrected chi connectivity index (χ4v) is 4.89. The number of benzene rings is 2. The van der Waals surface area contributed by atoms with Crippen LogP contribution < -0.4 is 14.4 Å². The Morgan fingerprint density at radius 1 is 0.968 bits per heavy atom. The Morgan fingerprint density at radius 3 is 2.58 bits per heavy atom. The number of ketones is 1. The summed E-state index contributed by atoms with van der Waals surface area (Å²) >= 11 is 0. The molecule has 8 nitrogen and oxygen atoms in total. The Hall–Kier alpha value is -3.94. The van der Waals surface area contributed by atoms with E-state index in [4.69, 9.17) is 9.47 Å². The van der Waals surface area contributed by atoms with E-state index in [1.54, 1.807) is 59.8 Å². The number of Topliss-reactive ketones (excluding diaryl/α,β-unsaturated/α-hetero) is 1. The molecule has 31 heavy (non-hydrogen) atoms. The summed E-state index contributed by atoms with van der Waals surface area (Å²) in [5, 5.41) is 5.97. The number of hydrogen-bond acceptors (Lipinski definition) is 7. The lowest BCUT2D eigenvalue weighted by Crippen LogP contribution is -2.46. The highest BCUT2D eigenvalue weighted by atomic mass is 16.7. The molecule has 2 aromatic carbocycles. The van der Waals surface area contributed by atoms with Gasteiger partial charge < -0.3 is 9.47 Å². The molecule has 0 aliphatic carbocycles. The first-order valence-corrected chi connectivity index (χ1v) is 10.0. The molecule has 0 N–H and O–H groups in total. The van der Waals surface area contributed by atoms with Crippen molar-refractivity contribution in [3.8, 4) is 11.5 Å². The van der Waals surface area contributed by atoms with Crippen LogP contribution in [0.25, 0.3) is 0 Å². The van der Waals surface area contributed by atoms with Gasteiger partial charge in [0.15, 0.2) is 17.3 Å². The maximum atomic E-state index is 13.6. The molecule has 0 saturated carbocycles. The van der Waals surface area contributed by atoms with Gasteiger partial charge in [-0.15, -0.1) is 0 Å². The zero-order chi connectivity index (χ0) is 21.1. The van der Waals surface area contributed by atoms with Crippen LogP contribution in [0.3, 0.4) is 0 Å². The number of hydrazone groups is 1. The third-order valence-corrected chi connectivity index (χ3v) is 6.23. The number of anilines is 1. The van der Waals surface area contributed by atoms with Crippen LogP contribution in [0, 0.1) is 11.8 Å². The lowest BCUT2D eigenvalue weighted by atomic mass is 9.86. The van der Waals surface area contributed by atoms with Crippen LogP contribution >= 0.6 is 0 Å². The van der Waals surface area contributed by atoms with E-state index in [0.29, 0.717) is 22.7 Å². The lowest BCUT2D eigenvalue weighted by Gasteiger charge is -2.30. The number of nitrogens with zero attached hydrogens (tertiary/aromatic N) is 3. The molecule has 0 unspecified atom stereocenters. The molecule has 0 spiro atoms. The van der Waals surface area contributed by atoms with Gasteiger partial charge in [-0.3, -0.25) is 19.4 Å². The number of amides is 2. The van der Waals surface area contributed by atoms with E-state index in [0.717, 1.165) is 0 Å². The predicted molar refractivity (Wildman–Crippen MR) is 110 cm³/mol. The molecule has 2 aromatic rings. The second kappa shape index (κ2) is 6.53. The Bertz CT molecular complexity index is 1170. The summed E-state index contributed by atoms with van der Waals surface area (Å²) in [5.41, 5.74) is 0.896. The number of imide groups is 1. The summed E-state index contributed by atoms with van der Waals surface area (Å²) in [7, 11) is 0. The Kier molecular flexibility index (Phi) is 3.77. The molecule has 2 fully saturated rings. The van der Waals surface area contributed by atoms with Crippen molar-refractivity contribution in [1.82, 2.24) is 5.01 Å².